The molecular weight excluding hydrogens is 354 g/mol. The topological polar surface area (TPSA) is 61.9 Å². The largest absolute Gasteiger partial charge is 0.378 e. The number of likely N-dealkylation sites (N-methyl/N-ethyl adjacent to an activating group) is 1. The molecule has 1 aliphatic heterocycles. The molecule has 1 heterocycles. The maximum Gasteiger partial charge on any atom is 0.241 e. The predicted molar refractivity (Wildman–Crippen MR) is 110 cm³/mol. The molecule has 0 radical (unpaired) electrons. The Kier molecular flexibility index (Phi) is 6.79. The molecule has 0 bridgehead atoms. The van der Waals surface area contributed by atoms with Crippen LogP contribution in [0.4, 0.5) is 5.69 Å². The van der Waals surface area contributed by atoms with Crippen molar-refractivity contribution in [3.63, 3.8) is 0 Å². The van der Waals surface area contributed by atoms with Gasteiger partial charge in [0, 0.05) is 24.3 Å². The summed E-state index contributed by atoms with van der Waals surface area (Å²) in [7, 11) is 1.80. The molecule has 1 saturated heterocycles. The molecule has 2 amide bonds. The molecule has 0 aliphatic carbocycles. The smallest absolute Gasteiger partial charge is 0.241 e. The Morgan fingerprint density at radius 2 is 1.71 bits per heavy atom. The Labute approximate surface area is 166 Å². The number of nitrogens with zero attached hydrogens (tertiary/aromatic N) is 2. The zero-order valence-corrected chi connectivity index (χ0v) is 16.4. The summed E-state index contributed by atoms with van der Waals surface area (Å²) in [5.41, 5.74) is 2.77. The van der Waals surface area contributed by atoms with Gasteiger partial charge in [-0.2, -0.15) is 0 Å². The minimum Gasteiger partial charge on any atom is -0.378 e. The quantitative estimate of drug-likeness (QED) is 0.835. The maximum atomic E-state index is 12.8. The number of nitrogens with one attached hydrogen (secondary N) is 1. The lowest BCUT2D eigenvalue weighted by atomic mass is 10.0. The van der Waals surface area contributed by atoms with Crippen molar-refractivity contribution < 1.29 is 14.3 Å². The monoisotopic (exact) mass is 381 g/mol. The van der Waals surface area contributed by atoms with Gasteiger partial charge in [0.2, 0.25) is 11.8 Å². The van der Waals surface area contributed by atoms with Gasteiger partial charge in [0.1, 0.15) is 0 Å². The van der Waals surface area contributed by atoms with Gasteiger partial charge in [-0.3, -0.25) is 14.5 Å². The van der Waals surface area contributed by atoms with E-state index in [4.69, 9.17) is 4.74 Å². The molecule has 2 aromatic rings. The van der Waals surface area contributed by atoms with Crippen molar-refractivity contribution >= 4 is 17.5 Å². The van der Waals surface area contributed by atoms with Crippen LogP contribution >= 0.6 is 0 Å². The van der Waals surface area contributed by atoms with Gasteiger partial charge in [-0.05, 0) is 25.6 Å². The second-order valence-electron chi connectivity index (χ2n) is 6.99. The predicted octanol–water partition coefficient (Wildman–Crippen LogP) is 2.47. The molecule has 0 saturated carbocycles. The highest BCUT2D eigenvalue weighted by Gasteiger charge is 2.24. The van der Waals surface area contributed by atoms with Crippen LogP contribution in [-0.4, -0.2) is 67.6 Å². The highest BCUT2D eigenvalue weighted by atomic mass is 16.5. The number of carbonyl (C=O) groups is 2. The summed E-state index contributed by atoms with van der Waals surface area (Å²) >= 11 is 0. The Morgan fingerprint density at radius 3 is 2.43 bits per heavy atom. The van der Waals surface area contributed by atoms with E-state index in [0.717, 1.165) is 16.8 Å². The zero-order chi connectivity index (χ0) is 19.9. The SMILES string of the molecule is C[C@H](C(=O)Nc1ccccc1-c1ccccc1)N(C)CC(=O)N1CCOCC1. The molecule has 148 valence electrons. The molecule has 6 nitrogen and oxygen atoms in total. The second-order valence-corrected chi connectivity index (χ2v) is 6.99. The van der Waals surface area contributed by atoms with E-state index in [2.05, 4.69) is 5.32 Å². The van der Waals surface area contributed by atoms with Gasteiger partial charge in [-0.25, -0.2) is 0 Å². The van der Waals surface area contributed by atoms with Crippen LogP contribution in [0.2, 0.25) is 0 Å². The van der Waals surface area contributed by atoms with Gasteiger partial charge >= 0.3 is 0 Å². The molecule has 0 aromatic heterocycles. The van der Waals surface area contributed by atoms with E-state index in [-0.39, 0.29) is 18.4 Å². The first-order chi connectivity index (χ1) is 13.6. The van der Waals surface area contributed by atoms with Crippen LogP contribution in [0.5, 0.6) is 0 Å². The van der Waals surface area contributed by atoms with E-state index in [0.29, 0.717) is 26.3 Å². The number of carbonyl (C=O) groups excluding carboxylic acids is 2. The molecule has 1 atom stereocenters. The van der Waals surface area contributed by atoms with E-state index < -0.39 is 6.04 Å². The third-order valence-corrected chi connectivity index (χ3v) is 5.06. The third kappa shape index (κ3) is 4.97. The van der Waals surface area contributed by atoms with Crippen molar-refractivity contribution in [1.82, 2.24) is 9.80 Å². The van der Waals surface area contributed by atoms with Gasteiger partial charge in [0.15, 0.2) is 0 Å². The van der Waals surface area contributed by atoms with E-state index in [1.807, 2.05) is 61.5 Å². The van der Waals surface area contributed by atoms with Gasteiger partial charge in [-0.15, -0.1) is 0 Å². The Hall–Kier alpha value is -2.70. The van der Waals surface area contributed by atoms with Crippen LogP contribution < -0.4 is 5.32 Å². The molecule has 1 N–H and O–H groups in total. The van der Waals surface area contributed by atoms with Crippen LogP contribution in [0.3, 0.4) is 0 Å². The van der Waals surface area contributed by atoms with E-state index in [9.17, 15) is 9.59 Å². The lowest BCUT2D eigenvalue weighted by Crippen LogP contribution is -2.48. The highest BCUT2D eigenvalue weighted by molar-refractivity contribution is 5.98. The second kappa shape index (κ2) is 9.48. The van der Waals surface area contributed by atoms with Crippen molar-refractivity contribution in [2.45, 2.75) is 13.0 Å². The molecule has 0 spiro atoms. The number of hydrogen-bond acceptors (Lipinski definition) is 4. The Bertz CT molecular complexity index is 804. The maximum absolute atomic E-state index is 12.8. The summed E-state index contributed by atoms with van der Waals surface area (Å²) in [6.07, 6.45) is 0. The number of benzene rings is 2. The normalized spacial score (nSPS) is 15.3. The zero-order valence-electron chi connectivity index (χ0n) is 16.4. The standard InChI is InChI=1S/C22H27N3O3/c1-17(24(2)16-21(26)25-12-14-28-15-13-25)22(27)23-20-11-7-6-10-19(20)18-8-4-3-5-9-18/h3-11,17H,12-16H2,1-2H3,(H,23,27)/t17-/m1/s1. The molecule has 1 fully saturated rings. The summed E-state index contributed by atoms with van der Waals surface area (Å²) in [6, 6.07) is 17.2. The minimum absolute atomic E-state index is 0.0233. The average molecular weight is 381 g/mol. The Morgan fingerprint density at radius 1 is 1.07 bits per heavy atom. The first kappa shape index (κ1) is 20.0. The van der Waals surface area contributed by atoms with Crippen molar-refractivity contribution in [2.75, 3.05) is 45.2 Å². The fraction of sp³-hybridized carbons (Fsp3) is 0.364. The summed E-state index contributed by atoms with van der Waals surface area (Å²) < 4.78 is 5.28. The fourth-order valence-electron chi connectivity index (χ4n) is 3.16. The highest BCUT2D eigenvalue weighted by Crippen LogP contribution is 2.27. The van der Waals surface area contributed by atoms with Gasteiger partial charge in [0.25, 0.3) is 0 Å². The molecule has 3 rings (SSSR count). The number of rotatable bonds is 6. The minimum atomic E-state index is -0.436. The van der Waals surface area contributed by atoms with Crippen molar-refractivity contribution in [3.8, 4) is 11.1 Å². The first-order valence-electron chi connectivity index (χ1n) is 9.57. The number of amides is 2. The number of anilines is 1. The van der Waals surface area contributed by atoms with Crippen LogP contribution in [0.15, 0.2) is 54.6 Å². The lowest BCUT2D eigenvalue weighted by Gasteiger charge is -2.30. The van der Waals surface area contributed by atoms with Gasteiger partial charge in [-0.1, -0.05) is 48.5 Å². The molecule has 1 aliphatic rings. The molecule has 0 unspecified atom stereocenters. The summed E-state index contributed by atoms with van der Waals surface area (Å²) in [6.45, 7) is 4.38. The molecule has 2 aromatic carbocycles. The third-order valence-electron chi connectivity index (χ3n) is 5.06. The van der Waals surface area contributed by atoms with Crippen LogP contribution in [0.1, 0.15) is 6.92 Å². The number of ether oxygens (including phenoxy) is 1. The van der Waals surface area contributed by atoms with E-state index >= 15 is 0 Å². The van der Waals surface area contributed by atoms with E-state index in [1.54, 1.807) is 16.8 Å². The number of morpholine rings is 1. The summed E-state index contributed by atoms with van der Waals surface area (Å²) in [4.78, 5) is 28.8. The van der Waals surface area contributed by atoms with Crippen molar-refractivity contribution in [3.05, 3.63) is 54.6 Å². The first-order valence-corrected chi connectivity index (χ1v) is 9.57. The van der Waals surface area contributed by atoms with Crippen LogP contribution in [0.25, 0.3) is 11.1 Å². The average Bonchev–Trinajstić information content (AvgIpc) is 2.74. The summed E-state index contributed by atoms with van der Waals surface area (Å²) in [5.74, 6) is -0.115. The Balaban J connectivity index is 1.63. The molecule has 28 heavy (non-hydrogen) atoms. The summed E-state index contributed by atoms with van der Waals surface area (Å²) in [5, 5.41) is 3.02. The van der Waals surface area contributed by atoms with Gasteiger partial charge < -0.3 is 15.0 Å². The molecule has 6 heteroatoms. The van der Waals surface area contributed by atoms with Crippen LogP contribution in [-0.2, 0) is 14.3 Å². The number of para-hydroxylation sites is 1. The number of hydrogen-bond donors (Lipinski definition) is 1. The lowest BCUT2D eigenvalue weighted by molar-refractivity contribution is -0.137. The van der Waals surface area contributed by atoms with Crippen LogP contribution in [0, 0.1) is 0 Å². The van der Waals surface area contributed by atoms with Crippen molar-refractivity contribution in [1.29, 1.82) is 0 Å². The molecular formula is C22H27N3O3. The fourth-order valence-corrected chi connectivity index (χ4v) is 3.16. The van der Waals surface area contributed by atoms with E-state index in [1.165, 1.54) is 0 Å². The van der Waals surface area contributed by atoms with Crippen molar-refractivity contribution in [2.24, 2.45) is 0 Å². The van der Waals surface area contributed by atoms with Gasteiger partial charge in [0.05, 0.1) is 25.8 Å².